The van der Waals surface area contributed by atoms with E-state index in [-0.39, 0.29) is 11.6 Å². The highest BCUT2D eigenvalue weighted by molar-refractivity contribution is 6.07. The zero-order valence-electron chi connectivity index (χ0n) is 26.7. The molecule has 0 spiro atoms. The Morgan fingerprint density at radius 3 is 1.85 bits per heavy atom. The van der Waals surface area contributed by atoms with Crippen LogP contribution in [0.3, 0.4) is 0 Å². The number of ketones is 1. The van der Waals surface area contributed by atoms with Gasteiger partial charge in [-0.2, -0.15) is 0 Å². The molecular weight excluding hydrogens is 588 g/mol. The first-order chi connectivity index (χ1) is 23.0. The predicted molar refractivity (Wildman–Crippen MR) is 182 cm³/mol. The van der Waals surface area contributed by atoms with Gasteiger partial charge in [-0.25, -0.2) is 8.78 Å². The van der Waals surface area contributed by atoms with Gasteiger partial charge >= 0.3 is 0 Å². The van der Waals surface area contributed by atoms with Crippen LogP contribution in [0.4, 0.5) is 8.78 Å². The molecule has 0 amide bonds. The van der Waals surface area contributed by atoms with E-state index in [4.69, 9.17) is 4.74 Å². The molecule has 8 rings (SSSR count). The van der Waals surface area contributed by atoms with Crippen LogP contribution in [-0.2, 0) is 10.3 Å². The Hall–Kier alpha value is -3.93. The molecule has 1 heterocycles. The number of fused-ring (bicyclic) bond motifs is 4. The molecule has 3 nitrogen and oxygen atoms in total. The third kappa shape index (κ3) is 5.28. The van der Waals surface area contributed by atoms with Crippen LogP contribution in [0.5, 0.6) is 0 Å². The molecule has 0 saturated heterocycles. The number of carbonyl (C=O) groups is 1. The highest BCUT2D eigenvalue weighted by atomic mass is 19.1. The molecule has 2 fully saturated rings. The predicted octanol–water partition coefficient (Wildman–Crippen LogP) is 10.4. The molecule has 5 heteroatoms. The quantitative estimate of drug-likeness (QED) is 0.199. The maximum Gasteiger partial charge on any atom is 0.173 e. The largest absolute Gasteiger partial charge is 0.342 e. The van der Waals surface area contributed by atoms with Gasteiger partial charge in [0.05, 0.1) is 5.92 Å². The maximum absolute atomic E-state index is 15.0. The van der Waals surface area contributed by atoms with Crippen LogP contribution in [0.1, 0.15) is 115 Å². The van der Waals surface area contributed by atoms with Gasteiger partial charge in [0.2, 0.25) is 0 Å². The minimum atomic E-state index is -1.26. The normalized spacial score (nSPS) is 24.6. The average molecular weight is 630 g/mol. The van der Waals surface area contributed by atoms with Crippen LogP contribution in [0.25, 0.3) is 11.6 Å². The Morgan fingerprint density at radius 1 is 0.660 bits per heavy atom. The lowest BCUT2D eigenvalue weighted by atomic mass is 9.62. The van der Waals surface area contributed by atoms with Crippen molar-refractivity contribution in [2.24, 2.45) is 0 Å². The first kappa shape index (κ1) is 30.4. The van der Waals surface area contributed by atoms with Crippen LogP contribution >= 0.6 is 0 Å². The van der Waals surface area contributed by atoms with Gasteiger partial charge in [0.15, 0.2) is 5.78 Å². The SMILES string of the molecule is O=C(c1ccc(F)cc1)[C@@H]1c2ccccc2C=C2c3ccccc3[C@H](N(C3CCCCC3)C3CCCCC3)O[C@@]21c1ccc(F)cc1. The third-order valence-corrected chi connectivity index (χ3v) is 11.2. The highest BCUT2D eigenvalue weighted by Gasteiger charge is 2.57. The van der Waals surface area contributed by atoms with E-state index in [1.165, 1.54) is 62.8 Å². The summed E-state index contributed by atoms with van der Waals surface area (Å²) in [7, 11) is 0. The second-order valence-corrected chi connectivity index (χ2v) is 13.8. The number of halogens is 2. The summed E-state index contributed by atoms with van der Waals surface area (Å²) in [5.41, 5.74) is 4.81. The van der Waals surface area contributed by atoms with Crippen LogP contribution in [0.2, 0.25) is 0 Å². The summed E-state index contributed by atoms with van der Waals surface area (Å²) in [6.45, 7) is 0. The number of nitrogens with zero attached hydrogens (tertiary/aromatic N) is 1. The van der Waals surface area contributed by atoms with E-state index in [0.29, 0.717) is 17.6 Å². The second-order valence-electron chi connectivity index (χ2n) is 13.8. The molecule has 0 N–H and O–H groups in total. The van der Waals surface area contributed by atoms with Crippen molar-refractivity contribution in [3.05, 3.63) is 142 Å². The van der Waals surface area contributed by atoms with E-state index < -0.39 is 23.6 Å². The number of carbonyl (C=O) groups excluding carboxylic acids is 1. The Bertz CT molecular complexity index is 1770. The Labute approximate surface area is 276 Å². The van der Waals surface area contributed by atoms with Gasteiger partial charge in [-0.1, -0.05) is 99.2 Å². The molecule has 4 aliphatic rings. The molecule has 240 valence electrons. The van der Waals surface area contributed by atoms with E-state index in [2.05, 4.69) is 35.2 Å². The fraction of sp³-hybridized carbons (Fsp3) is 0.357. The van der Waals surface area contributed by atoms with Gasteiger partial charge in [0, 0.05) is 23.2 Å². The fourth-order valence-electron chi connectivity index (χ4n) is 9.00. The van der Waals surface area contributed by atoms with Crippen molar-refractivity contribution in [3.63, 3.8) is 0 Å². The van der Waals surface area contributed by atoms with E-state index >= 15 is 4.79 Å². The summed E-state index contributed by atoms with van der Waals surface area (Å²) in [6, 6.07) is 29.7. The molecule has 3 atom stereocenters. The van der Waals surface area contributed by atoms with Crippen molar-refractivity contribution >= 4 is 17.4 Å². The number of benzene rings is 4. The fourth-order valence-corrected chi connectivity index (χ4v) is 9.00. The summed E-state index contributed by atoms with van der Waals surface area (Å²) in [6.07, 6.45) is 13.6. The molecule has 2 saturated carbocycles. The topological polar surface area (TPSA) is 29.5 Å². The average Bonchev–Trinajstić information content (AvgIpc) is 3.12. The molecular formula is C42H41F2NO2. The van der Waals surface area contributed by atoms with Crippen LogP contribution in [-0.4, -0.2) is 22.8 Å². The standard InChI is InChI=1S/C42H41F2NO2/c43-31-23-19-28(20-24-31)40(46)39-35-16-8-7-11-29(35)27-38-36-17-9-10-18-37(36)41(47-42(38,39)30-21-25-32(44)26-22-30)45(33-12-3-1-4-13-33)34-14-5-2-6-15-34/h7-11,16-27,33-34,39,41H,1-6,12-15H2/t39-,41+,42-/m0/s1. The second kappa shape index (κ2) is 12.6. The molecule has 0 radical (unpaired) electrons. The number of Topliss-reactive ketones (excluding diaryl/α,β-unsaturated/α-hetero) is 1. The number of hydrogen-bond donors (Lipinski definition) is 0. The zero-order valence-corrected chi connectivity index (χ0v) is 26.7. The summed E-state index contributed by atoms with van der Waals surface area (Å²) >= 11 is 0. The summed E-state index contributed by atoms with van der Waals surface area (Å²) < 4.78 is 36.6. The van der Waals surface area contributed by atoms with E-state index in [1.54, 1.807) is 24.3 Å². The first-order valence-corrected chi connectivity index (χ1v) is 17.5. The first-order valence-electron chi connectivity index (χ1n) is 17.5. The van der Waals surface area contributed by atoms with Gasteiger partial charge in [-0.3, -0.25) is 9.69 Å². The van der Waals surface area contributed by atoms with E-state index in [1.807, 2.05) is 24.3 Å². The maximum atomic E-state index is 15.0. The molecule has 0 bridgehead atoms. The molecule has 1 aliphatic heterocycles. The lowest BCUT2D eigenvalue weighted by Crippen LogP contribution is -2.54. The summed E-state index contributed by atoms with van der Waals surface area (Å²) in [4.78, 5) is 17.7. The van der Waals surface area contributed by atoms with Gasteiger partial charge in [0.25, 0.3) is 0 Å². The van der Waals surface area contributed by atoms with Crippen LogP contribution in [0.15, 0.2) is 97.1 Å². The van der Waals surface area contributed by atoms with Crippen molar-refractivity contribution in [2.45, 2.75) is 94.0 Å². The molecule has 3 aliphatic carbocycles. The van der Waals surface area contributed by atoms with Crippen molar-refractivity contribution < 1.29 is 18.3 Å². The Morgan fingerprint density at radius 2 is 1.21 bits per heavy atom. The van der Waals surface area contributed by atoms with Gasteiger partial charge < -0.3 is 4.74 Å². The molecule has 0 unspecified atom stereocenters. The molecule has 47 heavy (non-hydrogen) atoms. The Balaban J connectivity index is 1.40. The summed E-state index contributed by atoms with van der Waals surface area (Å²) in [5, 5.41) is 0. The minimum absolute atomic E-state index is 0.146. The lowest BCUT2D eigenvalue weighted by Gasteiger charge is -2.55. The van der Waals surface area contributed by atoms with Crippen molar-refractivity contribution in [1.82, 2.24) is 4.90 Å². The smallest absolute Gasteiger partial charge is 0.173 e. The van der Waals surface area contributed by atoms with Crippen molar-refractivity contribution in [1.29, 1.82) is 0 Å². The number of rotatable bonds is 6. The van der Waals surface area contributed by atoms with E-state index in [0.717, 1.165) is 59.1 Å². The third-order valence-electron chi connectivity index (χ3n) is 11.2. The summed E-state index contributed by atoms with van der Waals surface area (Å²) in [5.74, 6) is -1.66. The molecule has 4 aromatic rings. The number of ether oxygens (including phenoxy) is 1. The number of hydrogen-bond acceptors (Lipinski definition) is 3. The van der Waals surface area contributed by atoms with Crippen LogP contribution < -0.4 is 0 Å². The van der Waals surface area contributed by atoms with Gasteiger partial charge in [0.1, 0.15) is 23.5 Å². The lowest BCUT2D eigenvalue weighted by molar-refractivity contribution is -0.179. The van der Waals surface area contributed by atoms with Crippen LogP contribution in [0, 0.1) is 11.6 Å². The van der Waals surface area contributed by atoms with Crippen molar-refractivity contribution in [2.75, 3.05) is 0 Å². The highest BCUT2D eigenvalue weighted by Crippen LogP contribution is 2.61. The molecule has 4 aromatic carbocycles. The Kier molecular flexibility index (Phi) is 8.15. The monoisotopic (exact) mass is 629 g/mol. The zero-order chi connectivity index (χ0) is 32.0. The van der Waals surface area contributed by atoms with Gasteiger partial charge in [-0.15, -0.1) is 0 Å². The van der Waals surface area contributed by atoms with Gasteiger partial charge in [-0.05, 0) is 96.0 Å². The molecule has 0 aromatic heterocycles. The van der Waals surface area contributed by atoms with E-state index in [9.17, 15) is 8.78 Å². The van der Waals surface area contributed by atoms with Crippen molar-refractivity contribution in [3.8, 4) is 0 Å². The minimum Gasteiger partial charge on any atom is -0.342 e.